The van der Waals surface area contributed by atoms with Gasteiger partial charge in [-0.25, -0.2) is 0 Å². The topological polar surface area (TPSA) is 47.6 Å². The highest BCUT2D eigenvalue weighted by Crippen LogP contribution is 2.18. The monoisotopic (exact) mass is 319 g/mol. The molecule has 1 N–H and O–H groups in total. The predicted molar refractivity (Wildman–Crippen MR) is 86.5 cm³/mol. The van der Waals surface area contributed by atoms with Gasteiger partial charge < -0.3 is 14.8 Å². The van der Waals surface area contributed by atoms with E-state index >= 15 is 0 Å². The van der Waals surface area contributed by atoms with Gasteiger partial charge in [0, 0.05) is 5.02 Å². The summed E-state index contributed by atoms with van der Waals surface area (Å²) in [6, 6.07) is 14.4. The minimum atomic E-state index is -0.191. The molecule has 2 aromatic carbocycles. The summed E-state index contributed by atoms with van der Waals surface area (Å²) in [6.07, 6.45) is 0. The minimum Gasteiger partial charge on any atom is -0.497 e. The van der Waals surface area contributed by atoms with E-state index in [0.29, 0.717) is 10.8 Å². The predicted octanol–water partition coefficient (Wildman–Crippen LogP) is 3.60. The normalized spacial score (nSPS) is 11.6. The number of methoxy groups -OCH3 is 1. The van der Waals surface area contributed by atoms with Crippen molar-refractivity contribution >= 4 is 17.5 Å². The van der Waals surface area contributed by atoms with Crippen LogP contribution in [0.2, 0.25) is 5.02 Å². The molecule has 0 aliphatic rings. The molecule has 22 heavy (non-hydrogen) atoms. The van der Waals surface area contributed by atoms with Crippen molar-refractivity contribution in [2.24, 2.45) is 0 Å². The van der Waals surface area contributed by atoms with Crippen LogP contribution in [0.25, 0.3) is 0 Å². The van der Waals surface area contributed by atoms with Gasteiger partial charge in [-0.2, -0.15) is 0 Å². The summed E-state index contributed by atoms with van der Waals surface area (Å²) >= 11 is 5.86. The third-order valence-corrected chi connectivity index (χ3v) is 3.39. The highest BCUT2D eigenvalue weighted by Gasteiger charge is 2.10. The number of benzene rings is 2. The van der Waals surface area contributed by atoms with E-state index in [4.69, 9.17) is 21.1 Å². The Morgan fingerprint density at radius 2 is 1.91 bits per heavy atom. The first kappa shape index (κ1) is 16.2. The molecular formula is C17H18ClNO3. The molecular weight excluding hydrogens is 302 g/mol. The number of hydrogen-bond donors (Lipinski definition) is 1. The smallest absolute Gasteiger partial charge is 0.258 e. The van der Waals surface area contributed by atoms with Crippen molar-refractivity contribution in [2.75, 3.05) is 13.7 Å². The second-order valence-electron chi connectivity index (χ2n) is 4.81. The van der Waals surface area contributed by atoms with Gasteiger partial charge >= 0.3 is 0 Å². The van der Waals surface area contributed by atoms with Crippen molar-refractivity contribution < 1.29 is 14.3 Å². The molecule has 116 valence electrons. The number of ether oxygens (including phenoxy) is 2. The van der Waals surface area contributed by atoms with E-state index in [1.807, 2.05) is 31.2 Å². The van der Waals surface area contributed by atoms with Crippen LogP contribution in [-0.4, -0.2) is 19.6 Å². The zero-order chi connectivity index (χ0) is 15.9. The molecule has 0 radical (unpaired) electrons. The molecule has 5 heteroatoms. The van der Waals surface area contributed by atoms with E-state index in [0.717, 1.165) is 11.3 Å². The van der Waals surface area contributed by atoms with Gasteiger partial charge in [-0.1, -0.05) is 29.8 Å². The lowest BCUT2D eigenvalue weighted by atomic mass is 10.1. The average Bonchev–Trinajstić information content (AvgIpc) is 2.53. The number of hydrogen-bond acceptors (Lipinski definition) is 3. The fourth-order valence-electron chi connectivity index (χ4n) is 1.96. The number of halogens is 1. The first-order chi connectivity index (χ1) is 10.6. The molecule has 0 aliphatic carbocycles. The van der Waals surface area contributed by atoms with Crippen LogP contribution < -0.4 is 14.8 Å². The number of carbonyl (C=O) groups excluding carboxylic acids is 1. The summed E-state index contributed by atoms with van der Waals surface area (Å²) < 4.78 is 10.5. The van der Waals surface area contributed by atoms with Gasteiger partial charge in [0.05, 0.1) is 13.2 Å². The van der Waals surface area contributed by atoms with Crippen molar-refractivity contribution in [3.05, 3.63) is 59.1 Å². The van der Waals surface area contributed by atoms with Gasteiger partial charge in [-0.05, 0) is 42.8 Å². The molecule has 0 saturated carbocycles. The zero-order valence-corrected chi connectivity index (χ0v) is 13.3. The average molecular weight is 320 g/mol. The van der Waals surface area contributed by atoms with Crippen molar-refractivity contribution in [2.45, 2.75) is 13.0 Å². The molecule has 2 aromatic rings. The first-order valence-electron chi connectivity index (χ1n) is 6.90. The Morgan fingerprint density at radius 3 is 2.55 bits per heavy atom. The van der Waals surface area contributed by atoms with Crippen molar-refractivity contribution in [1.29, 1.82) is 0 Å². The minimum absolute atomic E-state index is 0.0547. The molecule has 1 unspecified atom stereocenters. The molecule has 2 rings (SSSR count). The fraction of sp³-hybridized carbons (Fsp3) is 0.235. The Hall–Kier alpha value is -2.20. The highest BCUT2D eigenvalue weighted by molar-refractivity contribution is 6.30. The second kappa shape index (κ2) is 7.71. The molecule has 0 aromatic heterocycles. The van der Waals surface area contributed by atoms with E-state index in [2.05, 4.69) is 5.32 Å². The summed E-state index contributed by atoms with van der Waals surface area (Å²) in [5.41, 5.74) is 0.997. The Bertz CT molecular complexity index is 628. The maximum atomic E-state index is 11.9. The molecule has 0 bridgehead atoms. The van der Waals surface area contributed by atoms with Crippen LogP contribution in [0.3, 0.4) is 0 Å². The maximum absolute atomic E-state index is 11.9. The largest absolute Gasteiger partial charge is 0.497 e. The lowest BCUT2D eigenvalue weighted by molar-refractivity contribution is -0.123. The van der Waals surface area contributed by atoms with E-state index in [9.17, 15) is 4.79 Å². The van der Waals surface area contributed by atoms with Crippen LogP contribution in [0, 0.1) is 0 Å². The van der Waals surface area contributed by atoms with Crippen LogP contribution in [0.5, 0.6) is 11.5 Å². The van der Waals surface area contributed by atoms with E-state index in [-0.39, 0.29) is 18.6 Å². The lowest BCUT2D eigenvalue weighted by Crippen LogP contribution is -2.31. The van der Waals surface area contributed by atoms with Crippen LogP contribution in [0.1, 0.15) is 18.5 Å². The molecule has 0 spiro atoms. The number of carbonyl (C=O) groups is 1. The third kappa shape index (κ3) is 4.67. The standard InChI is InChI=1S/C17H18ClNO3/c1-12(13-6-8-15(21-2)9-7-13)19-17(20)11-22-16-5-3-4-14(18)10-16/h3-10,12H,11H2,1-2H3,(H,19,20). The fourth-order valence-corrected chi connectivity index (χ4v) is 2.15. The van der Waals surface area contributed by atoms with Crippen molar-refractivity contribution in [3.8, 4) is 11.5 Å². The highest BCUT2D eigenvalue weighted by atomic mass is 35.5. The molecule has 1 amide bonds. The van der Waals surface area contributed by atoms with E-state index in [1.165, 1.54) is 0 Å². The quantitative estimate of drug-likeness (QED) is 0.885. The maximum Gasteiger partial charge on any atom is 0.258 e. The zero-order valence-electron chi connectivity index (χ0n) is 12.5. The Labute approximate surface area is 135 Å². The van der Waals surface area contributed by atoms with Crippen molar-refractivity contribution in [3.63, 3.8) is 0 Å². The van der Waals surface area contributed by atoms with Crippen molar-refractivity contribution in [1.82, 2.24) is 5.32 Å². The molecule has 1 atom stereocenters. The number of amides is 1. The van der Waals surface area contributed by atoms with Crippen LogP contribution in [-0.2, 0) is 4.79 Å². The van der Waals surface area contributed by atoms with Crippen LogP contribution in [0.15, 0.2) is 48.5 Å². The van der Waals surface area contributed by atoms with Gasteiger partial charge in [-0.15, -0.1) is 0 Å². The summed E-state index contributed by atoms with van der Waals surface area (Å²) in [5.74, 6) is 1.16. The Balaban J connectivity index is 1.85. The molecule has 0 fully saturated rings. The third-order valence-electron chi connectivity index (χ3n) is 3.16. The van der Waals surface area contributed by atoms with Gasteiger partial charge in [0.2, 0.25) is 0 Å². The number of nitrogens with one attached hydrogen (secondary N) is 1. The summed E-state index contributed by atoms with van der Waals surface area (Å²) in [5, 5.41) is 3.45. The molecule has 0 aliphatic heterocycles. The van der Waals surface area contributed by atoms with Gasteiger partial charge in [0.1, 0.15) is 11.5 Å². The lowest BCUT2D eigenvalue weighted by Gasteiger charge is -2.15. The van der Waals surface area contributed by atoms with Crippen LogP contribution in [0.4, 0.5) is 0 Å². The van der Waals surface area contributed by atoms with E-state index < -0.39 is 0 Å². The van der Waals surface area contributed by atoms with Gasteiger partial charge in [0.15, 0.2) is 6.61 Å². The summed E-state index contributed by atoms with van der Waals surface area (Å²) in [4.78, 5) is 11.9. The summed E-state index contributed by atoms with van der Waals surface area (Å²) in [7, 11) is 1.62. The molecule has 0 heterocycles. The molecule has 0 saturated heterocycles. The Kier molecular flexibility index (Phi) is 5.67. The van der Waals surface area contributed by atoms with E-state index in [1.54, 1.807) is 31.4 Å². The first-order valence-corrected chi connectivity index (χ1v) is 7.28. The molecule has 4 nitrogen and oxygen atoms in total. The van der Waals surface area contributed by atoms with Gasteiger partial charge in [-0.3, -0.25) is 4.79 Å². The van der Waals surface area contributed by atoms with Crippen LogP contribution >= 0.6 is 11.6 Å². The second-order valence-corrected chi connectivity index (χ2v) is 5.24. The Morgan fingerprint density at radius 1 is 1.18 bits per heavy atom. The summed E-state index contributed by atoms with van der Waals surface area (Å²) in [6.45, 7) is 1.86. The van der Waals surface area contributed by atoms with Gasteiger partial charge in [0.25, 0.3) is 5.91 Å². The SMILES string of the molecule is COc1ccc(C(C)NC(=O)COc2cccc(Cl)c2)cc1. The number of rotatable bonds is 6.